The molecule has 2 aromatic carbocycles. The summed E-state index contributed by atoms with van der Waals surface area (Å²) in [6.45, 7) is 6.46. The third kappa shape index (κ3) is 11.3. The number of aliphatic hydroxyl groups is 1. The van der Waals surface area contributed by atoms with Gasteiger partial charge in [0.25, 0.3) is 0 Å². The van der Waals surface area contributed by atoms with E-state index in [2.05, 4.69) is 21.3 Å². The molecule has 0 fully saturated rings. The molecule has 0 aliphatic carbocycles. The largest absolute Gasteiger partial charge is 0.387 e. The van der Waals surface area contributed by atoms with Crippen molar-refractivity contribution < 1.29 is 29.1 Å². The van der Waals surface area contributed by atoms with E-state index in [9.17, 15) is 24.0 Å². The van der Waals surface area contributed by atoms with Crippen LogP contribution >= 0.6 is 0 Å². The van der Waals surface area contributed by atoms with Gasteiger partial charge in [0.2, 0.25) is 29.5 Å². The maximum atomic E-state index is 13.5. The Hall–Kier alpha value is -4.25. The Kier molecular flexibility index (Phi) is 13.6. The Bertz CT molecular complexity index is 1190. The van der Waals surface area contributed by atoms with Crippen LogP contribution in [-0.2, 0) is 36.8 Å². The fraction of sp³-hybridized carbons (Fsp3) is 0.452. The van der Waals surface area contributed by atoms with Crippen LogP contribution in [0.2, 0.25) is 0 Å². The molecule has 5 amide bonds. The van der Waals surface area contributed by atoms with Crippen LogP contribution in [0.15, 0.2) is 60.7 Å². The van der Waals surface area contributed by atoms with Crippen LogP contribution < -0.4 is 27.0 Å². The number of primary amides is 1. The van der Waals surface area contributed by atoms with E-state index in [1.165, 1.54) is 0 Å². The molecular formula is C31H43N5O6. The zero-order chi connectivity index (χ0) is 31.2. The highest BCUT2D eigenvalue weighted by Crippen LogP contribution is 2.11. The number of carbonyl (C=O) groups excluding carboxylic acids is 5. The average Bonchev–Trinajstić information content (AvgIpc) is 2.95. The van der Waals surface area contributed by atoms with Gasteiger partial charge in [-0.15, -0.1) is 0 Å². The van der Waals surface area contributed by atoms with Gasteiger partial charge < -0.3 is 32.1 Å². The monoisotopic (exact) mass is 581 g/mol. The second-order valence-corrected chi connectivity index (χ2v) is 11.0. The normalized spacial score (nSPS) is 13.9. The van der Waals surface area contributed by atoms with Gasteiger partial charge in [-0.3, -0.25) is 24.0 Å². The summed E-state index contributed by atoms with van der Waals surface area (Å²) < 4.78 is 0. The molecule has 2 rings (SSSR count). The van der Waals surface area contributed by atoms with E-state index in [0.29, 0.717) is 6.42 Å². The summed E-state index contributed by atoms with van der Waals surface area (Å²) >= 11 is 0. The summed E-state index contributed by atoms with van der Waals surface area (Å²) in [7, 11) is 0. The standard InChI is InChI=1S/C31H43N5O6/c1-19(2)15-24(33-26(38)18-37)30(41)36-27(20(3)4)31(42)35-25(17-22-13-9-6-10-14-22)29(40)34-23(28(32)39)16-21-11-7-5-8-12-21/h5-14,19-20,23-25,27,37H,15-18H2,1-4H3,(H2,32,39)(H,33,38)(H,34,40)(H,35,42)(H,36,41)/t23-,24-,25-,27-/m1/s1. The van der Waals surface area contributed by atoms with Gasteiger partial charge in [-0.2, -0.15) is 0 Å². The molecule has 0 aliphatic heterocycles. The van der Waals surface area contributed by atoms with Gasteiger partial charge in [-0.1, -0.05) is 88.4 Å². The molecule has 11 nitrogen and oxygen atoms in total. The highest BCUT2D eigenvalue weighted by molar-refractivity contribution is 5.95. The maximum absolute atomic E-state index is 13.5. The van der Waals surface area contributed by atoms with E-state index in [0.717, 1.165) is 11.1 Å². The lowest BCUT2D eigenvalue weighted by atomic mass is 9.98. The van der Waals surface area contributed by atoms with E-state index in [1.54, 1.807) is 26.0 Å². The summed E-state index contributed by atoms with van der Waals surface area (Å²) in [6, 6.07) is 14.1. The summed E-state index contributed by atoms with van der Waals surface area (Å²) in [5.41, 5.74) is 7.17. The van der Waals surface area contributed by atoms with Crippen LogP contribution in [0.5, 0.6) is 0 Å². The third-order valence-electron chi connectivity index (χ3n) is 6.61. The Morgan fingerprint density at radius 2 is 1.14 bits per heavy atom. The lowest BCUT2D eigenvalue weighted by molar-refractivity contribution is -0.135. The fourth-order valence-corrected chi connectivity index (χ4v) is 4.40. The second-order valence-electron chi connectivity index (χ2n) is 11.0. The molecule has 0 unspecified atom stereocenters. The summed E-state index contributed by atoms with van der Waals surface area (Å²) in [6.07, 6.45) is 0.588. The van der Waals surface area contributed by atoms with Gasteiger partial charge in [-0.25, -0.2) is 0 Å². The first-order valence-electron chi connectivity index (χ1n) is 14.1. The molecule has 42 heavy (non-hydrogen) atoms. The molecule has 2 aromatic rings. The van der Waals surface area contributed by atoms with Crippen molar-refractivity contribution >= 4 is 29.5 Å². The minimum Gasteiger partial charge on any atom is -0.387 e. The first kappa shape index (κ1) is 34.0. The predicted octanol–water partition coefficient (Wildman–Crippen LogP) is 0.591. The molecule has 0 aromatic heterocycles. The number of carbonyl (C=O) groups is 5. The Morgan fingerprint density at radius 3 is 1.60 bits per heavy atom. The quantitative estimate of drug-likeness (QED) is 0.169. The van der Waals surface area contributed by atoms with Crippen molar-refractivity contribution in [3.05, 3.63) is 71.8 Å². The van der Waals surface area contributed by atoms with E-state index in [4.69, 9.17) is 10.8 Å². The van der Waals surface area contributed by atoms with Gasteiger partial charge in [0, 0.05) is 12.8 Å². The van der Waals surface area contributed by atoms with Gasteiger partial charge in [-0.05, 0) is 29.4 Å². The molecule has 0 bridgehead atoms. The predicted molar refractivity (Wildman–Crippen MR) is 159 cm³/mol. The number of amides is 5. The number of rotatable bonds is 16. The minimum absolute atomic E-state index is 0.0408. The molecule has 0 spiro atoms. The summed E-state index contributed by atoms with van der Waals surface area (Å²) in [5, 5.41) is 19.7. The van der Waals surface area contributed by atoms with Crippen molar-refractivity contribution in [2.24, 2.45) is 17.6 Å². The van der Waals surface area contributed by atoms with Crippen molar-refractivity contribution in [3.8, 4) is 0 Å². The SMILES string of the molecule is CC(C)C[C@@H](NC(=O)CO)C(=O)N[C@@H](C(=O)N[C@H](Cc1ccccc1)C(=O)N[C@H](Cc1ccccc1)C(N)=O)C(C)C. The van der Waals surface area contributed by atoms with Crippen LogP contribution in [0.1, 0.15) is 45.2 Å². The second kappa shape index (κ2) is 16.9. The zero-order valence-electron chi connectivity index (χ0n) is 24.6. The van der Waals surface area contributed by atoms with Crippen molar-refractivity contribution in [2.75, 3.05) is 6.61 Å². The molecule has 0 saturated heterocycles. The van der Waals surface area contributed by atoms with Gasteiger partial charge >= 0.3 is 0 Å². The van der Waals surface area contributed by atoms with Crippen LogP contribution in [0.4, 0.5) is 0 Å². The van der Waals surface area contributed by atoms with Crippen LogP contribution in [0.3, 0.4) is 0 Å². The number of hydrogen-bond acceptors (Lipinski definition) is 6. The van der Waals surface area contributed by atoms with Gasteiger partial charge in [0.15, 0.2) is 0 Å². The molecule has 0 saturated carbocycles. The van der Waals surface area contributed by atoms with E-state index in [-0.39, 0.29) is 24.7 Å². The minimum atomic E-state index is -1.09. The highest BCUT2D eigenvalue weighted by Gasteiger charge is 2.32. The lowest BCUT2D eigenvalue weighted by Gasteiger charge is -2.28. The highest BCUT2D eigenvalue weighted by atomic mass is 16.3. The Morgan fingerprint density at radius 1 is 0.667 bits per heavy atom. The van der Waals surface area contributed by atoms with Crippen molar-refractivity contribution in [3.63, 3.8) is 0 Å². The lowest BCUT2D eigenvalue weighted by Crippen LogP contribution is -2.60. The number of hydrogen-bond donors (Lipinski definition) is 6. The topological polar surface area (TPSA) is 180 Å². The van der Waals surface area contributed by atoms with Crippen molar-refractivity contribution in [1.29, 1.82) is 0 Å². The van der Waals surface area contributed by atoms with E-state index < -0.39 is 60.3 Å². The molecular weight excluding hydrogens is 538 g/mol. The average molecular weight is 582 g/mol. The first-order chi connectivity index (χ1) is 19.9. The number of aliphatic hydroxyl groups excluding tert-OH is 1. The van der Waals surface area contributed by atoms with Gasteiger partial charge in [0.1, 0.15) is 30.8 Å². The number of benzene rings is 2. The molecule has 4 atom stereocenters. The third-order valence-corrected chi connectivity index (χ3v) is 6.61. The molecule has 11 heteroatoms. The maximum Gasteiger partial charge on any atom is 0.246 e. The van der Waals surface area contributed by atoms with E-state index >= 15 is 0 Å². The fourth-order valence-electron chi connectivity index (χ4n) is 4.40. The van der Waals surface area contributed by atoms with E-state index in [1.807, 2.05) is 62.4 Å². The van der Waals surface area contributed by atoms with Crippen LogP contribution in [0, 0.1) is 11.8 Å². The first-order valence-corrected chi connectivity index (χ1v) is 14.1. The zero-order valence-corrected chi connectivity index (χ0v) is 24.6. The van der Waals surface area contributed by atoms with Crippen molar-refractivity contribution in [1.82, 2.24) is 21.3 Å². The Balaban J connectivity index is 2.26. The summed E-state index contributed by atoms with van der Waals surface area (Å²) in [5.74, 6) is -3.55. The van der Waals surface area contributed by atoms with Crippen molar-refractivity contribution in [2.45, 2.75) is 71.1 Å². The summed E-state index contributed by atoms with van der Waals surface area (Å²) in [4.78, 5) is 64.2. The molecule has 0 radical (unpaired) electrons. The van der Waals surface area contributed by atoms with Gasteiger partial charge in [0.05, 0.1) is 0 Å². The molecule has 228 valence electrons. The number of nitrogens with one attached hydrogen (secondary N) is 4. The smallest absolute Gasteiger partial charge is 0.246 e. The van der Waals surface area contributed by atoms with Crippen LogP contribution in [0.25, 0.3) is 0 Å². The number of nitrogens with two attached hydrogens (primary N) is 1. The molecule has 7 N–H and O–H groups in total. The molecule has 0 heterocycles. The molecule has 0 aliphatic rings. The Labute approximate surface area is 247 Å². The van der Waals surface area contributed by atoms with Crippen LogP contribution in [-0.4, -0.2) is 65.4 Å².